The minimum absolute atomic E-state index is 0.190. The smallest absolute Gasteiger partial charge is 0.239 e. The minimum atomic E-state index is -3.60. The molecule has 1 N–H and O–H groups in total. The summed E-state index contributed by atoms with van der Waals surface area (Å²) in [5, 5.41) is 13.4. The fourth-order valence-corrected chi connectivity index (χ4v) is 5.53. The number of nitrogens with zero attached hydrogens (tertiary/aromatic N) is 4. The average Bonchev–Trinajstić information content (AvgIpc) is 3.37. The van der Waals surface area contributed by atoms with Crippen molar-refractivity contribution in [2.45, 2.75) is 47.9 Å². The predicted molar refractivity (Wildman–Crippen MR) is 123 cm³/mol. The first-order valence-electron chi connectivity index (χ1n) is 9.53. The Morgan fingerprint density at radius 1 is 1.32 bits per heavy atom. The highest BCUT2D eigenvalue weighted by Crippen LogP contribution is 2.27. The topological polar surface area (TPSA) is 107 Å². The van der Waals surface area contributed by atoms with Gasteiger partial charge in [0, 0.05) is 18.1 Å². The summed E-state index contributed by atoms with van der Waals surface area (Å²) >= 11 is 2.58. The number of aromatic nitrogens is 4. The quantitative estimate of drug-likeness (QED) is 0.350. The monoisotopic (exact) mass is 477 g/mol. The molecular weight excluding hydrogens is 454 g/mol. The van der Waals surface area contributed by atoms with E-state index in [9.17, 15) is 13.2 Å². The first kappa shape index (κ1) is 23.2. The molecule has 1 unspecified atom stereocenters. The maximum atomic E-state index is 12.9. The van der Waals surface area contributed by atoms with Gasteiger partial charge >= 0.3 is 0 Å². The SMILES string of the molecule is C=CCn1c(CS(=O)(=O)c2ccc(C)cc2)nnc1SC(CC)C(=O)Nc1nccs1. The molecule has 0 spiro atoms. The van der Waals surface area contributed by atoms with Crippen LogP contribution in [0.3, 0.4) is 0 Å². The number of carbonyl (C=O) groups excluding carboxylic acids is 1. The lowest BCUT2D eigenvalue weighted by atomic mass is 10.2. The Morgan fingerprint density at radius 2 is 2.06 bits per heavy atom. The molecule has 0 saturated heterocycles. The normalized spacial score (nSPS) is 12.5. The first-order valence-corrected chi connectivity index (χ1v) is 12.9. The summed E-state index contributed by atoms with van der Waals surface area (Å²) in [5.41, 5.74) is 0.981. The summed E-state index contributed by atoms with van der Waals surface area (Å²) in [6, 6.07) is 6.69. The van der Waals surface area contributed by atoms with Crippen molar-refractivity contribution in [3.63, 3.8) is 0 Å². The molecule has 0 aliphatic carbocycles. The Bertz CT molecular complexity index is 1140. The Hall–Kier alpha value is -2.50. The molecule has 0 bridgehead atoms. The van der Waals surface area contributed by atoms with E-state index >= 15 is 0 Å². The van der Waals surface area contributed by atoms with Gasteiger partial charge in [0.25, 0.3) is 0 Å². The minimum Gasteiger partial charge on any atom is -0.301 e. The Balaban J connectivity index is 1.81. The van der Waals surface area contributed by atoms with Crippen LogP contribution in [0.2, 0.25) is 0 Å². The molecule has 2 aromatic heterocycles. The molecule has 0 aliphatic heterocycles. The number of thioether (sulfide) groups is 1. The van der Waals surface area contributed by atoms with Gasteiger partial charge in [0.15, 0.2) is 20.1 Å². The molecule has 11 heteroatoms. The summed E-state index contributed by atoms with van der Waals surface area (Å²) in [4.78, 5) is 16.9. The van der Waals surface area contributed by atoms with Crippen LogP contribution in [0.1, 0.15) is 24.7 Å². The van der Waals surface area contributed by atoms with Gasteiger partial charge < -0.3 is 9.88 Å². The molecule has 1 amide bonds. The predicted octanol–water partition coefficient (Wildman–Crippen LogP) is 3.71. The third-order valence-corrected chi connectivity index (χ3v) is 8.04. The van der Waals surface area contributed by atoms with Crippen LogP contribution in [0.15, 0.2) is 58.5 Å². The number of sulfone groups is 1. The van der Waals surface area contributed by atoms with E-state index in [1.807, 2.05) is 13.8 Å². The first-order chi connectivity index (χ1) is 14.8. The number of benzene rings is 1. The van der Waals surface area contributed by atoms with E-state index in [0.717, 1.165) is 5.56 Å². The van der Waals surface area contributed by atoms with E-state index in [4.69, 9.17) is 0 Å². The van der Waals surface area contributed by atoms with Crippen LogP contribution in [-0.2, 0) is 26.9 Å². The molecule has 3 rings (SSSR count). The van der Waals surface area contributed by atoms with Gasteiger partial charge in [-0.15, -0.1) is 28.1 Å². The third-order valence-electron chi connectivity index (χ3n) is 4.38. The Kier molecular flexibility index (Phi) is 7.63. The zero-order chi connectivity index (χ0) is 22.4. The molecule has 3 aromatic rings. The number of rotatable bonds is 10. The number of amides is 1. The van der Waals surface area contributed by atoms with Crippen LogP contribution in [-0.4, -0.2) is 39.3 Å². The fourth-order valence-electron chi connectivity index (χ4n) is 2.74. The summed E-state index contributed by atoms with van der Waals surface area (Å²) in [7, 11) is -3.60. The fraction of sp³-hybridized carbons (Fsp3) is 0.300. The van der Waals surface area contributed by atoms with Gasteiger partial charge in [0.05, 0.1) is 10.1 Å². The Labute approximate surface area is 189 Å². The van der Waals surface area contributed by atoms with E-state index in [2.05, 4.69) is 27.1 Å². The summed E-state index contributed by atoms with van der Waals surface area (Å²) in [5.74, 6) is -0.179. The number of hydrogen-bond donors (Lipinski definition) is 1. The maximum absolute atomic E-state index is 12.9. The highest BCUT2D eigenvalue weighted by molar-refractivity contribution is 8.00. The number of thiazole rings is 1. The van der Waals surface area contributed by atoms with E-state index in [1.165, 1.54) is 23.1 Å². The van der Waals surface area contributed by atoms with Crippen molar-refractivity contribution in [2.75, 3.05) is 5.32 Å². The van der Waals surface area contributed by atoms with Gasteiger partial charge in [-0.05, 0) is 25.5 Å². The van der Waals surface area contributed by atoms with Gasteiger partial charge in [-0.25, -0.2) is 13.4 Å². The van der Waals surface area contributed by atoms with Crippen LogP contribution < -0.4 is 5.32 Å². The zero-order valence-electron chi connectivity index (χ0n) is 17.2. The van der Waals surface area contributed by atoms with E-state index < -0.39 is 15.1 Å². The lowest BCUT2D eigenvalue weighted by Gasteiger charge is -2.14. The summed E-state index contributed by atoms with van der Waals surface area (Å²) in [6.07, 6.45) is 3.82. The molecule has 0 fully saturated rings. The van der Waals surface area contributed by atoms with Crippen LogP contribution in [0.4, 0.5) is 5.13 Å². The molecule has 0 radical (unpaired) electrons. The second-order valence-electron chi connectivity index (χ2n) is 6.71. The van der Waals surface area contributed by atoms with Crippen molar-refractivity contribution < 1.29 is 13.2 Å². The number of anilines is 1. The summed E-state index contributed by atoms with van der Waals surface area (Å²) < 4.78 is 27.4. The number of hydrogen-bond acceptors (Lipinski definition) is 8. The molecule has 2 heterocycles. The molecule has 8 nitrogen and oxygen atoms in total. The van der Waals surface area contributed by atoms with Gasteiger partial charge in [-0.1, -0.05) is 42.5 Å². The van der Waals surface area contributed by atoms with Crippen molar-refractivity contribution in [1.82, 2.24) is 19.7 Å². The number of allylic oxidation sites excluding steroid dienone is 1. The van der Waals surface area contributed by atoms with Crippen molar-refractivity contribution in [3.05, 3.63) is 59.9 Å². The van der Waals surface area contributed by atoms with Crippen molar-refractivity contribution in [1.29, 1.82) is 0 Å². The second-order valence-corrected chi connectivity index (χ2v) is 10.8. The second kappa shape index (κ2) is 10.2. The Morgan fingerprint density at radius 3 is 2.68 bits per heavy atom. The van der Waals surface area contributed by atoms with Gasteiger partial charge in [0.2, 0.25) is 5.91 Å². The van der Waals surface area contributed by atoms with Crippen LogP contribution in [0.25, 0.3) is 0 Å². The lowest BCUT2D eigenvalue weighted by Crippen LogP contribution is -2.25. The number of aryl methyl sites for hydroxylation is 1. The van der Waals surface area contributed by atoms with Crippen LogP contribution in [0, 0.1) is 6.92 Å². The highest BCUT2D eigenvalue weighted by Gasteiger charge is 2.25. The molecule has 1 aromatic carbocycles. The largest absolute Gasteiger partial charge is 0.301 e. The van der Waals surface area contributed by atoms with E-state index in [1.54, 1.807) is 46.5 Å². The molecule has 0 saturated carbocycles. The molecule has 1 atom stereocenters. The third kappa shape index (κ3) is 5.81. The average molecular weight is 478 g/mol. The molecule has 31 heavy (non-hydrogen) atoms. The van der Waals surface area contributed by atoms with E-state index in [0.29, 0.717) is 29.1 Å². The van der Waals surface area contributed by atoms with Gasteiger partial charge in [0.1, 0.15) is 11.6 Å². The molecular formula is C20H23N5O3S3. The van der Waals surface area contributed by atoms with Gasteiger partial charge in [-0.3, -0.25) is 4.79 Å². The van der Waals surface area contributed by atoms with Crippen LogP contribution >= 0.6 is 23.1 Å². The van der Waals surface area contributed by atoms with E-state index in [-0.39, 0.29) is 16.6 Å². The maximum Gasteiger partial charge on any atom is 0.239 e. The number of nitrogens with one attached hydrogen (secondary N) is 1. The lowest BCUT2D eigenvalue weighted by molar-refractivity contribution is -0.115. The summed E-state index contributed by atoms with van der Waals surface area (Å²) in [6.45, 7) is 7.87. The van der Waals surface area contributed by atoms with Crippen molar-refractivity contribution in [3.8, 4) is 0 Å². The van der Waals surface area contributed by atoms with Crippen molar-refractivity contribution in [2.24, 2.45) is 0 Å². The highest BCUT2D eigenvalue weighted by atomic mass is 32.2. The molecule has 0 aliphatic rings. The van der Waals surface area contributed by atoms with Crippen molar-refractivity contribution >= 4 is 44.0 Å². The zero-order valence-corrected chi connectivity index (χ0v) is 19.6. The van der Waals surface area contributed by atoms with Gasteiger partial charge in [-0.2, -0.15) is 0 Å². The van der Waals surface area contributed by atoms with Crippen LogP contribution in [0.5, 0.6) is 0 Å². The molecule has 164 valence electrons. The number of carbonyl (C=O) groups is 1. The standard InChI is InChI=1S/C20H23N5O3S3/c1-4-11-25-17(13-31(27,28)15-8-6-14(3)7-9-15)23-24-20(25)30-16(5-2)18(26)22-19-21-10-12-29-19/h4,6-10,12,16H,1,5,11,13H2,2-3H3,(H,21,22,26).